The molecule has 0 aliphatic carbocycles. The summed E-state index contributed by atoms with van der Waals surface area (Å²) in [6.45, 7) is 0. The predicted molar refractivity (Wildman–Crippen MR) is 117 cm³/mol. The zero-order valence-electron chi connectivity index (χ0n) is 13.7. The number of aromatic nitrogens is 1. The summed E-state index contributed by atoms with van der Waals surface area (Å²) in [6.07, 6.45) is 3.61. The Hall–Kier alpha value is -1.68. The van der Waals surface area contributed by atoms with Crippen LogP contribution < -0.4 is 5.32 Å². The van der Waals surface area contributed by atoms with Crippen molar-refractivity contribution in [3.63, 3.8) is 0 Å². The topological polar surface area (TPSA) is 48.7 Å². The third-order valence-electron chi connectivity index (χ3n) is 3.54. The minimum atomic E-state index is 0.544. The molecule has 0 fully saturated rings. The first-order valence-electron chi connectivity index (χ1n) is 7.72. The van der Waals surface area contributed by atoms with E-state index in [1.54, 1.807) is 36.5 Å². The van der Waals surface area contributed by atoms with Crippen LogP contribution in [0.5, 0.6) is 0 Å². The molecule has 0 saturated heterocycles. The van der Waals surface area contributed by atoms with Crippen LogP contribution in [0, 0.1) is 11.3 Å². The second-order valence-electron chi connectivity index (χ2n) is 5.31. The molecular formula is C19H12Cl3N3S2. The monoisotopic (exact) mass is 451 g/mol. The first kappa shape index (κ1) is 20.1. The van der Waals surface area contributed by atoms with Crippen molar-refractivity contribution in [2.24, 2.45) is 0 Å². The van der Waals surface area contributed by atoms with Gasteiger partial charge in [-0.2, -0.15) is 9.64 Å². The summed E-state index contributed by atoms with van der Waals surface area (Å²) < 4.78 is 4.40. The lowest BCUT2D eigenvalue weighted by molar-refractivity contribution is 1.24. The van der Waals surface area contributed by atoms with Crippen molar-refractivity contribution in [1.29, 1.82) is 5.26 Å². The molecule has 0 amide bonds. The minimum Gasteiger partial charge on any atom is -0.362 e. The number of anilines is 1. The summed E-state index contributed by atoms with van der Waals surface area (Å²) in [5.74, 6) is 0.545. The molecule has 3 rings (SSSR count). The van der Waals surface area contributed by atoms with E-state index in [1.807, 2.05) is 18.2 Å². The van der Waals surface area contributed by atoms with Crippen LogP contribution in [-0.2, 0) is 5.75 Å². The number of hydrogen-bond acceptors (Lipinski definition) is 5. The van der Waals surface area contributed by atoms with E-state index < -0.39 is 0 Å². The second kappa shape index (κ2) is 9.50. The van der Waals surface area contributed by atoms with Crippen molar-refractivity contribution in [2.75, 3.05) is 5.32 Å². The van der Waals surface area contributed by atoms with Gasteiger partial charge >= 0.3 is 0 Å². The van der Waals surface area contributed by atoms with E-state index in [4.69, 9.17) is 34.8 Å². The van der Waals surface area contributed by atoms with E-state index in [9.17, 15) is 5.26 Å². The van der Waals surface area contributed by atoms with Crippen molar-refractivity contribution in [3.05, 3.63) is 79.7 Å². The number of benzene rings is 2. The summed E-state index contributed by atoms with van der Waals surface area (Å²) in [6, 6.07) is 15.0. The second-order valence-corrected chi connectivity index (χ2v) is 8.33. The number of nitriles is 1. The summed E-state index contributed by atoms with van der Waals surface area (Å²) in [7, 11) is 0. The van der Waals surface area contributed by atoms with Gasteiger partial charge in [-0.15, -0.1) is 0 Å². The van der Waals surface area contributed by atoms with Gasteiger partial charge in [-0.1, -0.05) is 52.6 Å². The van der Waals surface area contributed by atoms with E-state index in [2.05, 4.69) is 15.8 Å². The summed E-state index contributed by atoms with van der Waals surface area (Å²) in [5.41, 5.74) is 2.29. The lowest BCUT2D eigenvalue weighted by Gasteiger charge is -2.05. The zero-order chi connectivity index (χ0) is 19.2. The predicted octanol–water partition coefficient (Wildman–Crippen LogP) is 7.35. The van der Waals surface area contributed by atoms with Crippen molar-refractivity contribution in [2.45, 2.75) is 10.8 Å². The molecule has 1 N–H and O–H groups in total. The van der Waals surface area contributed by atoms with Gasteiger partial charge in [0.2, 0.25) is 0 Å². The molecule has 8 heteroatoms. The Morgan fingerprint density at radius 1 is 1.11 bits per heavy atom. The maximum atomic E-state index is 9.52. The molecule has 0 spiro atoms. The Morgan fingerprint density at radius 3 is 2.48 bits per heavy atom. The molecule has 0 aliphatic heterocycles. The lowest BCUT2D eigenvalue weighted by Crippen LogP contribution is -1.87. The number of nitrogens with one attached hydrogen (secondary N) is 1. The number of halogens is 3. The molecule has 1 heterocycles. The Balaban J connectivity index is 1.70. The Bertz CT molecular complexity index is 988. The molecular weight excluding hydrogens is 441 g/mol. The summed E-state index contributed by atoms with van der Waals surface area (Å²) in [5, 5.41) is 15.2. The van der Waals surface area contributed by atoms with Gasteiger partial charge in [0, 0.05) is 32.7 Å². The molecule has 0 saturated carbocycles. The largest absolute Gasteiger partial charge is 0.362 e. The highest BCUT2D eigenvalue weighted by Gasteiger charge is 2.14. The van der Waals surface area contributed by atoms with E-state index in [1.165, 1.54) is 23.3 Å². The fraction of sp³-hybridized carbons (Fsp3) is 0.0526. The van der Waals surface area contributed by atoms with E-state index >= 15 is 0 Å². The molecule has 3 nitrogen and oxygen atoms in total. The van der Waals surface area contributed by atoms with Crippen molar-refractivity contribution < 1.29 is 0 Å². The maximum absolute atomic E-state index is 9.52. The fourth-order valence-electron chi connectivity index (χ4n) is 2.17. The van der Waals surface area contributed by atoms with E-state index in [0.717, 1.165) is 16.1 Å². The number of hydrogen-bond donors (Lipinski definition) is 1. The molecule has 27 heavy (non-hydrogen) atoms. The van der Waals surface area contributed by atoms with Crippen LogP contribution in [0.1, 0.15) is 16.0 Å². The third kappa shape index (κ3) is 5.19. The quantitative estimate of drug-likeness (QED) is 0.397. The van der Waals surface area contributed by atoms with Crippen molar-refractivity contribution in [3.8, 4) is 6.07 Å². The minimum absolute atomic E-state index is 0.544. The highest BCUT2D eigenvalue weighted by Crippen LogP contribution is 2.34. The van der Waals surface area contributed by atoms with Gasteiger partial charge in [-0.3, -0.25) is 0 Å². The molecule has 0 aliphatic rings. The standard InChI is InChI=1S/C19H12Cl3N3S2/c20-12-4-6-13(7-5-12)24-9-8-18-14(10-23)19(25-27-18)26-11-15-16(21)2-1-3-17(15)22/h1-9,24H,11H2/b9-8+. The van der Waals surface area contributed by atoms with Gasteiger partial charge in [-0.05, 0) is 59.6 Å². The van der Waals surface area contributed by atoms with Gasteiger partial charge in [0.05, 0.1) is 4.88 Å². The maximum Gasteiger partial charge on any atom is 0.129 e. The van der Waals surface area contributed by atoms with Crippen LogP contribution in [0.2, 0.25) is 15.1 Å². The van der Waals surface area contributed by atoms with Gasteiger partial charge in [0.25, 0.3) is 0 Å². The molecule has 1 aromatic heterocycles. The normalized spacial score (nSPS) is 10.9. The molecule has 136 valence electrons. The summed E-state index contributed by atoms with van der Waals surface area (Å²) >= 11 is 21.0. The molecule has 0 unspecified atom stereocenters. The zero-order valence-corrected chi connectivity index (χ0v) is 17.6. The van der Waals surface area contributed by atoms with Crippen LogP contribution in [0.3, 0.4) is 0 Å². The molecule has 0 bridgehead atoms. The number of rotatable bonds is 6. The van der Waals surface area contributed by atoms with Crippen molar-refractivity contribution >= 4 is 69.9 Å². The third-order valence-corrected chi connectivity index (χ3v) is 6.43. The Labute approximate surface area is 180 Å². The first-order valence-corrected chi connectivity index (χ1v) is 10.6. The fourth-order valence-corrected chi connectivity index (χ4v) is 4.90. The number of nitrogens with zero attached hydrogens (tertiary/aromatic N) is 2. The van der Waals surface area contributed by atoms with E-state index in [0.29, 0.717) is 31.4 Å². The summed E-state index contributed by atoms with van der Waals surface area (Å²) in [4.78, 5) is 0.784. The van der Waals surface area contributed by atoms with Gasteiger partial charge in [0.1, 0.15) is 16.7 Å². The molecule has 2 aromatic carbocycles. The van der Waals surface area contributed by atoms with Crippen LogP contribution in [0.15, 0.2) is 53.7 Å². The first-order chi connectivity index (χ1) is 13.1. The number of thioether (sulfide) groups is 1. The van der Waals surface area contributed by atoms with Crippen LogP contribution >= 0.6 is 58.1 Å². The van der Waals surface area contributed by atoms with E-state index in [-0.39, 0.29) is 0 Å². The average Bonchev–Trinajstić information content (AvgIpc) is 3.05. The Kier molecular flexibility index (Phi) is 7.06. The van der Waals surface area contributed by atoms with Crippen LogP contribution in [0.25, 0.3) is 6.08 Å². The highest BCUT2D eigenvalue weighted by molar-refractivity contribution is 7.98. The van der Waals surface area contributed by atoms with Crippen LogP contribution in [-0.4, -0.2) is 4.37 Å². The van der Waals surface area contributed by atoms with Gasteiger partial charge in [-0.25, -0.2) is 0 Å². The lowest BCUT2D eigenvalue weighted by atomic mass is 10.2. The average molecular weight is 453 g/mol. The van der Waals surface area contributed by atoms with Crippen molar-refractivity contribution in [1.82, 2.24) is 4.37 Å². The molecule has 0 radical (unpaired) electrons. The molecule has 0 atom stereocenters. The van der Waals surface area contributed by atoms with Gasteiger partial charge < -0.3 is 5.32 Å². The smallest absolute Gasteiger partial charge is 0.129 e. The highest BCUT2D eigenvalue weighted by atomic mass is 35.5. The molecule has 3 aromatic rings. The Morgan fingerprint density at radius 2 is 1.81 bits per heavy atom. The van der Waals surface area contributed by atoms with Crippen LogP contribution in [0.4, 0.5) is 5.69 Å². The SMILES string of the molecule is N#Cc1c(SCc2c(Cl)cccc2Cl)nsc1/C=C/Nc1ccc(Cl)cc1. The van der Waals surface area contributed by atoms with Gasteiger partial charge in [0.15, 0.2) is 0 Å².